The Morgan fingerprint density at radius 2 is 1.81 bits per heavy atom. The van der Waals surface area contributed by atoms with Crippen LogP contribution in [0.5, 0.6) is 5.75 Å². The third-order valence-electron chi connectivity index (χ3n) is 4.36. The maximum atomic E-state index is 12.9. The Labute approximate surface area is 151 Å². The number of halogens is 1. The van der Waals surface area contributed by atoms with Gasteiger partial charge in [-0.25, -0.2) is 14.4 Å². The van der Waals surface area contributed by atoms with Crippen molar-refractivity contribution in [2.24, 2.45) is 0 Å². The number of likely N-dealkylation sites (N-methyl/N-ethyl adjacent to an activating group) is 1. The molecule has 1 heterocycles. The molecule has 3 rings (SSSR count). The Morgan fingerprint density at radius 1 is 1.15 bits per heavy atom. The molecule has 0 saturated carbocycles. The summed E-state index contributed by atoms with van der Waals surface area (Å²) in [4.78, 5) is 24.9. The molecule has 0 aliphatic carbocycles. The second-order valence-electron chi connectivity index (χ2n) is 6.09. The molecule has 2 unspecified atom stereocenters. The van der Waals surface area contributed by atoms with E-state index in [0.717, 1.165) is 5.69 Å². The largest absolute Gasteiger partial charge is 0.484 e. The monoisotopic (exact) mass is 357 g/mol. The third-order valence-corrected chi connectivity index (χ3v) is 4.36. The summed E-state index contributed by atoms with van der Waals surface area (Å²) in [6.07, 6.45) is 0. The SMILES string of the molecule is CC1C(NC(=O)COc2ccc(F)cc2)C(=O)N(c2ccccc2)N1C. The molecular formula is C19H20FN3O3. The molecule has 1 fully saturated rings. The van der Waals surface area contributed by atoms with E-state index in [0.29, 0.717) is 5.75 Å². The molecule has 136 valence electrons. The summed E-state index contributed by atoms with van der Waals surface area (Å²) in [6, 6.07) is 13.7. The van der Waals surface area contributed by atoms with Gasteiger partial charge in [0.1, 0.15) is 17.6 Å². The molecule has 1 aliphatic rings. The van der Waals surface area contributed by atoms with E-state index in [-0.39, 0.29) is 24.4 Å². The van der Waals surface area contributed by atoms with E-state index in [1.165, 1.54) is 24.3 Å². The van der Waals surface area contributed by atoms with Crippen LogP contribution in [0.25, 0.3) is 0 Å². The van der Waals surface area contributed by atoms with E-state index in [9.17, 15) is 14.0 Å². The van der Waals surface area contributed by atoms with Gasteiger partial charge in [-0.3, -0.25) is 9.59 Å². The van der Waals surface area contributed by atoms with Crippen LogP contribution in [-0.4, -0.2) is 42.6 Å². The van der Waals surface area contributed by atoms with Crippen molar-refractivity contribution in [1.29, 1.82) is 0 Å². The Morgan fingerprint density at radius 3 is 2.46 bits per heavy atom. The molecule has 2 amide bonds. The number of carbonyl (C=O) groups is 2. The highest BCUT2D eigenvalue weighted by atomic mass is 19.1. The number of para-hydroxylation sites is 1. The Hall–Kier alpha value is -2.93. The van der Waals surface area contributed by atoms with Crippen LogP contribution in [0.1, 0.15) is 6.92 Å². The molecular weight excluding hydrogens is 337 g/mol. The van der Waals surface area contributed by atoms with Crippen LogP contribution in [-0.2, 0) is 9.59 Å². The highest BCUT2D eigenvalue weighted by Gasteiger charge is 2.43. The fourth-order valence-corrected chi connectivity index (χ4v) is 2.85. The number of hydrogen-bond acceptors (Lipinski definition) is 4. The van der Waals surface area contributed by atoms with E-state index in [4.69, 9.17) is 4.74 Å². The molecule has 0 spiro atoms. The first-order valence-electron chi connectivity index (χ1n) is 8.27. The van der Waals surface area contributed by atoms with Gasteiger partial charge >= 0.3 is 0 Å². The fourth-order valence-electron chi connectivity index (χ4n) is 2.85. The quantitative estimate of drug-likeness (QED) is 0.889. The summed E-state index contributed by atoms with van der Waals surface area (Å²) >= 11 is 0. The maximum absolute atomic E-state index is 12.9. The number of carbonyl (C=O) groups excluding carboxylic acids is 2. The zero-order valence-corrected chi connectivity index (χ0v) is 14.6. The van der Waals surface area contributed by atoms with Gasteiger partial charge in [0.05, 0.1) is 11.7 Å². The lowest BCUT2D eigenvalue weighted by molar-refractivity contribution is -0.127. The van der Waals surface area contributed by atoms with Crippen molar-refractivity contribution in [3.8, 4) is 5.75 Å². The molecule has 0 aromatic heterocycles. The van der Waals surface area contributed by atoms with Crippen LogP contribution in [0.4, 0.5) is 10.1 Å². The highest BCUT2D eigenvalue weighted by Crippen LogP contribution is 2.25. The van der Waals surface area contributed by atoms with E-state index in [2.05, 4.69) is 5.32 Å². The Balaban J connectivity index is 1.62. The topological polar surface area (TPSA) is 61.9 Å². The summed E-state index contributed by atoms with van der Waals surface area (Å²) in [5.41, 5.74) is 0.742. The average molecular weight is 357 g/mol. The van der Waals surface area contributed by atoms with Crippen molar-refractivity contribution in [1.82, 2.24) is 10.3 Å². The number of nitrogens with zero attached hydrogens (tertiary/aromatic N) is 2. The van der Waals surface area contributed by atoms with Crippen molar-refractivity contribution < 1.29 is 18.7 Å². The van der Waals surface area contributed by atoms with Gasteiger partial charge in [-0.05, 0) is 43.3 Å². The maximum Gasteiger partial charge on any atom is 0.265 e. The summed E-state index contributed by atoms with van der Waals surface area (Å²) in [7, 11) is 1.80. The van der Waals surface area contributed by atoms with E-state index in [1.807, 2.05) is 37.3 Å². The Kier molecular flexibility index (Phi) is 5.18. The first-order valence-corrected chi connectivity index (χ1v) is 8.27. The van der Waals surface area contributed by atoms with Crippen LogP contribution >= 0.6 is 0 Å². The molecule has 0 radical (unpaired) electrons. The molecule has 7 heteroatoms. The molecule has 0 bridgehead atoms. The number of hydrazine groups is 1. The van der Waals surface area contributed by atoms with Crippen molar-refractivity contribution in [3.63, 3.8) is 0 Å². The first kappa shape index (κ1) is 17.9. The van der Waals surface area contributed by atoms with Gasteiger partial charge < -0.3 is 10.1 Å². The van der Waals surface area contributed by atoms with Gasteiger partial charge in [0.15, 0.2) is 6.61 Å². The first-order chi connectivity index (χ1) is 12.5. The fraction of sp³-hybridized carbons (Fsp3) is 0.263. The number of hydrogen-bond donors (Lipinski definition) is 1. The predicted octanol–water partition coefficient (Wildman–Crippen LogP) is 1.97. The Bertz CT molecular complexity index is 782. The smallest absolute Gasteiger partial charge is 0.265 e. The average Bonchev–Trinajstić information content (AvgIpc) is 2.85. The van der Waals surface area contributed by atoms with Crippen LogP contribution in [0.2, 0.25) is 0 Å². The number of anilines is 1. The molecule has 1 aliphatic heterocycles. The number of benzene rings is 2. The van der Waals surface area contributed by atoms with E-state index in [1.54, 1.807) is 17.1 Å². The summed E-state index contributed by atoms with van der Waals surface area (Å²) in [5, 5.41) is 6.07. The lowest BCUT2D eigenvalue weighted by Crippen LogP contribution is -2.47. The van der Waals surface area contributed by atoms with Gasteiger partial charge in [0.25, 0.3) is 11.8 Å². The molecule has 26 heavy (non-hydrogen) atoms. The van der Waals surface area contributed by atoms with Crippen molar-refractivity contribution in [3.05, 3.63) is 60.4 Å². The van der Waals surface area contributed by atoms with Crippen LogP contribution in [0, 0.1) is 5.82 Å². The van der Waals surface area contributed by atoms with Gasteiger partial charge in [0, 0.05) is 7.05 Å². The van der Waals surface area contributed by atoms with Crippen molar-refractivity contribution in [2.45, 2.75) is 19.0 Å². The van der Waals surface area contributed by atoms with Gasteiger partial charge in [-0.2, -0.15) is 0 Å². The highest BCUT2D eigenvalue weighted by molar-refractivity contribution is 6.01. The van der Waals surface area contributed by atoms with Crippen LogP contribution in [0.15, 0.2) is 54.6 Å². The molecule has 2 aromatic carbocycles. The minimum atomic E-state index is -0.676. The number of nitrogens with one attached hydrogen (secondary N) is 1. The molecule has 1 saturated heterocycles. The van der Waals surface area contributed by atoms with Crippen molar-refractivity contribution >= 4 is 17.5 Å². The van der Waals surface area contributed by atoms with Gasteiger partial charge in [-0.1, -0.05) is 18.2 Å². The molecule has 2 aromatic rings. The summed E-state index contributed by atoms with van der Waals surface area (Å²) in [6.45, 7) is 1.61. The minimum absolute atomic E-state index is 0.207. The predicted molar refractivity (Wildman–Crippen MR) is 95.0 cm³/mol. The minimum Gasteiger partial charge on any atom is -0.484 e. The zero-order valence-electron chi connectivity index (χ0n) is 14.6. The van der Waals surface area contributed by atoms with Crippen LogP contribution in [0.3, 0.4) is 0 Å². The second kappa shape index (κ2) is 7.53. The number of rotatable bonds is 5. The summed E-state index contributed by atoms with van der Waals surface area (Å²) < 4.78 is 18.2. The van der Waals surface area contributed by atoms with E-state index >= 15 is 0 Å². The van der Waals surface area contributed by atoms with Crippen molar-refractivity contribution in [2.75, 3.05) is 18.7 Å². The van der Waals surface area contributed by atoms with E-state index < -0.39 is 11.9 Å². The summed E-state index contributed by atoms with van der Waals surface area (Å²) in [5.74, 6) is -0.615. The van der Waals surface area contributed by atoms with Gasteiger partial charge in [-0.15, -0.1) is 0 Å². The second-order valence-corrected chi connectivity index (χ2v) is 6.09. The molecule has 2 atom stereocenters. The number of amides is 2. The molecule has 6 nitrogen and oxygen atoms in total. The number of ether oxygens (including phenoxy) is 1. The molecule has 1 N–H and O–H groups in total. The van der Waals surface area contributed by atoms with Gasteiger partial charge in [0.2, 0.25) is 0 Å². The normalized spacial score (nSPS) is 20.3. The standard InChI is InChI=1S/C19H20FN3O3/c1-13-18(19(25)23(22(13)2)15-6-4-3-5-7-15)21-17(24)12-26-16-10-8-14(20)9-11-16/h3-11,13,18H,12H2,1-2H3,(H,21,24). The lowest BCUT2D eigenvalue weighted by Gasteiger charge is -2.26. The lowest BCUT2D eigenvalue weighted by atomic mass is 10.1. The zero-order chi connectivity index (χ0) is 18.7. The third kappa shape index (κ3) is 3.67. The van der Waals surface area contributed by atoms with Crippen LogP contribution < -0.4 is 15.1 Å².